The summed E-state index contributed by atoms with van der Waals surface area (Å²) >= 11 is 0. The van der Waals surface area contributed by atoms with Crippen molar-refractivity contribution in [1.29, 1.82) is 0 Å². The third-order valence-corrected chi connectivity index (χ3v) is 4.50. The lowest BCUT2D eigenvalue weighted by molar-refractivity contribution is 0.527. The van der Waals surface area contributed by atoms with Gasteiger partial charge in [0.1, 0.15) is 0 Å². The zero-order chi connectivity index (χ0) is 18.8. The van der Waals surface area contributed by atoms with Crippen molar-refractivity contribution in [2.45, 2.75) is 110 Å². The second kappa shape index (κ2) is 28.5. The van der Waals surface area contributed by atoms with E-state index in [1.54, 1.807) is 0 Å². The Balaban J connectivity index is 0. The van der Waals surface area contributed by atoms with E-state index >= 15 is 0 Å². The molecule has 0 aliphatic rings. The summed E-state index contributed by atoms with van der Waals surface area (Å²) < 4.78 is 0. The minimum atomic E-state index is 0.957. The van der Waals surface area contributed by atoms with E-state index in [4.69, 9.17) is 0 Å². The molecular weight excluding hydrogens is 304 g/mol. The van der Waals surface area contributed by atoms with Gasteiger partial charge in [0.25, 0.3) is 0 Å². The first-order chi connectivity index (χ1) is 12.3. The molecule has 0 unspecified atom stereocenters. The van der Waals surface area contributed by atoms with E-state index in [0.717, 1.165) is 13.1 Å². The summed E-state index contributed by atoms with van der Waals surface area (Å²) in [5.41, 5.74) is 0. The van der Waals surface area contributed by atoms with E-state index in [-0.39, 0.29) is 0 Å². The van der Waals surface area contributed by atoms with Crippen molar-refractivity contribution >= 4 is 0 Å². The van der Waals surface area contributed by atoms with E-state index in [2.05, 4.69) is 24.1 Å². The number of nitrogens with one attached hydrogen (secondary N) is 2. The normalized spacial score (nSPS) is 10.4. The van der Waals surface area contributed by atoms with Crippen LogP contribution < -0.4 is 10.6 Å². The molecule has 0 aromatic rings. The van der Waals surface area contributed by atoms with E-state index in [9.17, 15) is 0 Å². The summed E-state index contributed by atoms with van der Waals surface area (Å²) in [7, 11) is 3.75. The van der Waals surface area contributed by atoms with Gasteiger partial charge in [-0.3, -0.25) is 0 Å². The van der Waals surface area contributed by atoms with Crippen LogP contribution in [0, 0.1) is 0 Å². The average Bonchev–Trinajstić information content (AvgIpc) is 2.61. The topological polar surface area (TPSA) is 24.1 Å². The molecule has 0 heterocycles. The zero-order valence-electron chi connectivity index (χ0n) is 18.0. The molecule has 0 saturated heterocycles. The number of rotatable bonds is 19. The van der Waals surface area contributed by atoms with Gasteiger partial charge in [0, 0.05) is 6.54 Å². The van der Waals surface area contributed by atoms with Crippen LogP contribution in [0.3, 0.4) is 0 Å². The fraction of sp³-hybridized carbons (Fsp3) is 0.913. The highest BCUT2D eigenvalue weighted by atomic mass is 14.8. The molecule has 152 valence electrons. The van der Waals surface area contributed by atoms with Gasteiger partial charge in [-0.15, -0.1) is 6.58 Å². The summed E-state index contributed by atoms with van der Waals surface area (Å²) in [5.74, 6) is 0. The molecule has 2 N–H and O–H groups in total. The molecule has 0 saturated carbocycles. The summed E-state index contributed by atoms with van der Waals surface area (Å²) in [5, 5.41) is 6.12. The third kappa shape index (κ3) is 31.9. The monoisotopic (exact) mass is 354 g/mol. The van der Waals surface area contributed by atoms with Crippen molar-refractivity contribution in [2.75, 3.05) is 27.2 Å². The lowest BCUT2D eigenvalue weighted by atomic mass is 10.0. The number of hydrogen-bond donors (Lipinski definition) is 2. The lowest BCUT2D eigenvalue weighted by Crippen LogP contribution is -2.14. The van der Waals surface area contributed by atoms with Crippen LogP contribution in [0.4, 0.5) is 0 Å². The van der Waals surface area contributed by atoms with Crippen LogP contribution in [0.1, 0.15) is 110 Å². The Labute approximate surface area is 160 Å². The highest BCUT2D eigenvalue weighted by Gasteiger charge is 1.94. The van der Waals surface area contributed by atoms with Crippen LogP contribution in [0.25, 0.3) is 0 Å². The molecule has 0 aromatic heterocycles. The van der Waals surface area contributed by atoms with Gasteiger partial charge in [0.05, 0.1) is 0 Å². The van der Waals surface area contributed by atoms with Gasteiger partial charge in [-0.25, -0.2) is 0 Å². The molecule has 0 aliphatic heterocycles. The Morgan fingerprint density at radius 3 is 1.24 bits per heavy atom. The molecule has 0 aliphatic carbocycles. The molecule has 2 heteroatoms. The van der Waals surface area contributed by atoms with Crippen LogP contribution in [0.2, 0.25) is 0 Å². The van der Waals surface area contributed by atoms with Gasteiger partial charge >= 0.3 is 0 Å². The smallest absolute Gasteiger partial charge is 0.0132 e. The molecule has 0 amide bonds. The minimum Gasteiger partial charge on any atom is -0.323 e. The van der Waals surface area contributed by atoms with Gasteiger partial charge in [0.2, 0.25) is 0 Å². The SMILES string of the molecule is C=CCNCCCCCCCCCCCCCCCCCC.CNC. The molecule has 0 bridgehead atoms. The van der Waals surface area contributed by atoms with Gasteiger partial charge in [-0.1, -0.05) is 109 Å². The maximum atomic E-state index is 3.71. The van der Waals surface area contributed by atoms with Gasteiger partial charge in [0.15, 0.2) is 0 Å². The van der Waals surface area contributed by atoms with Crippen LogP contribution in [-0.2, 0) is 0 Å². The van der Waals surface area contributed by atoms with Crippen LogP contribution in [-0.4, -0.2) is 27.2 Å². The van der Waals surface area contributed by atoms with E-state index in [1.165, 1.54) is 103 Å². The fourth-order valence-corrected chi connectivity index (χ4v) is 3.00. The highest BCUT2D eigenvalue weighted by Crippen LogP contribution is 2.13. The van der Waals surface area contributed by atoms with Gasteiger partial charge < -0.3 is 10.6 Å². The van der Waals surface area contributed by atoms with Crippen molar-refractivity contribution in [1.82, 2.24) is 10.6 Å². The molecule has 0 rings (SSSR count). The van der Waals surface area contributed by atoms with Crippen molar-refractivity contribution in [3.63, 3.8) is 0 Å². The Bertz CT molecular complexity index is 216. The predicted molar refractivity (Wildman–Crippen MR) is 118 cm³/mol. The molecule has 0 atom stereocenters. The number of unbranched alkanes of at least 4 members (excludes halogenated alkanes) is 15. The zero-order valence-corrected chi connectivity index (χ0v) is 18.0. The molecule has 0 radical (unpaired) electrons. The molecule has 25 heavy (non-hydrogen) atoms. The quantitative estimate of drug-likeness (QED) is 0.195. The Morgan fingerprint density at radius 2 is 0.920 bits per heavy atom. The fourth-order valence-electron chi connectivity index (χ4n) is 3.00. The molecule has 0 fully saturated rings. The van der Waals surface area contributed by atoms with Crippen molar-refractivity contribution in [3.05, 3.63) is 12.7 Å². The van der Waals surface area contributed by atoms with Crippen LogP contribution in [0.15, 0.2) is 12.7 Å². The van der Waals surface area contributed by atoms with Crippen molar-refractivity contribution in [3.8, 4) is 0 Å². The minimum absolute atomic E-state index is 0.957. The second-order valence-corrected chi connectivity index (χ2v) is 7.30. The number of hydrogen-bond acceptors (Lipinski definition) is 2. The Morgan fingerprint density at radius 1 is 0.600 bits per heavy atom. The first-order valence-electron chi connectivity index (χ1n) is 11.2. The third-order valence-electron chi connectivity index (χ3n) is 4.50. The van der Waals surface area contributed by atoms with Crippen LogP contribution in [0.5, 0.6) is 0 Å². The van der Waals surface area contributed by atoms with Crippen molar-refractivity contribution < 1.29 is 0 Å². The molecule has 0 aromatic carbocycles. The summed E-state index contributed by atoms with van der Waals surface area (Å²) in [6.45, 7) is 8.12. The molecule has 2 nitrogen and oxygen atoms in total. The van der Waals surface area contributed by atoms with E-state index < -0.39 is 0 Å². The summed E-state index contributed by atoms with van der Waals surface area (Å²) in [6.07, 6.45) is 25.0. The largest absolute Gasteiger partial charge is 0.323 e. The molecular formula is C23H50N2. The average molecular weight is 355 g/mol. The lowest BCUT2D eigenvalue weighted by Gasteiger charge is -2.04. The highest BCUT2D eigenvalue weighted by molar-refractivity contribution is 4.69. The van der Waals surface area contributed by atoms with Crippen molar-refractivity contribution in [2.24, 2.45) is 0 Å². The second-order valence-electron chi connectivity index (χ2n) is 7.30. The van der Waals surface area contributed by atoms with Gasteiger partial charge in [-0.2, -0.15) is 0 Å². The van der Waals surface area contributed by atoms with Gasteiger partial charge in [-0.05, 0) is 27.1 Å². The predicted octanol–water partition coefficient (Wildman–Crippen LogP) is 6.86. The van der Waals surface area contributed by atoms with Crippen LogP contribution >= 0.6 is 0 Å². The Kier molecular flexibility index (Phi) is 30.6. The maximum absolute atomic E-state index is 3.71. The summed E-state index contributed by atoms with van der Waals surface area (Å²) in [6, 6.07) is 0. The maximum Gasteiger partial charge on any atom is 0.0132 e. The van der Waals surface area contributed by atoms with E-state index in [1.807, 2.05) is 20.2 Å². The van der Waals surface area contributed by atoms with E-state index in [0.29, 0.717) is 0 Å². The first kappa shape index (κ1) is 26.9. The summed E-state index contributed by atoms with van der Waals surface area (Å²) in [4.78, 5) is 0. The Hall–Kier alpha value is -0.340. The standard InChI is InChI=1S/C21H43N.C2H7N/c1-3-5-6-7-8-9-10-11-12-13-14-15-16-17-18-19-21-22-20-4-2;1-3-2/h4,22H,2-3,5-21H2,1H3;3H,1-2H3. The molecule has 0 spiro atoms. The first-order valence-corrected chi connectivity index (χ1v) is 11.2.